The fourth-order valence-electron chi connectivity index (χ4n) is 1.00. The van der Waals surface area contributed by atoms with Gasteiger partial charge in [-0.15, -0.1) is 23.2 Å². The van der Waals surface area contributed by atoms with Gasteiger partial charge in [-0.1, -0.05) is 11.6 Å². The van der Waals surface area contributed by atoms with Crippen LogP contribution in [0.3, 0.4) is 0 Å². The van der Waals surface area contributed by atoms with Crippen LogP contribution in [0.2, 0.25) is 5.02 Å². The third-order valence-corrected chi connectivity index (χ3v) is 3.50. The quantitative estimate of drug-likeness (QED) is 0.862. The summed E-state index contributed by atoms with van der Waals surface area (Å²) in [6.07, 6.45) is 2.91. The maximum Gasteiger partial charge on any atom is 0.253 e. The van der Waals surface area contributed by atoms with Gasteiger partial charge in [-0.2, -0.15) is 0 Å². The van der Waals surface area contributed by atoms with E-state index in [0.717, 1.165) is 0 Å². The zero-order valence-electron chi connectivity index (χ0n) is 8.64. The van der Waals surface area contributed by atoms with E-state index >= 15 is 0 Å². The molecule has 0 bridgehead atoms. The van der Waals surface area contributed by atoms with Crippen molar-refractivity contribution in [1.29, 1.82) is 0 Å². The second kappa shape index (κ2) is 5.71. The Labute approximate surface area is 109 Å². The van der Waals surface area contributed by atoms with Gasteiger partial charge in [0, 0.05) is 24.2 Å². The summed E-state index contributed by atoms with van der Waals surface area (Å²) in [5, 5.41) is 3.03. The molecule has 88 valence electrons. The van der Waals surface area contributed by atoms with Crippen molar-refractivity contribution in [2.45, 2.75) is 12.5 Å². The number of hydrogen-bond acceptors (Lipinski definition) is 2. The molecule has 1 N–H and O–H groups in total. The van der Waals surface area contributed by atoms with Gasteiger partial charge in [0.25, 0.3) is 5.91 Å². The minimum absolute atomic E-state index is 0.227. The van der Waals surface area contributed by atoms with E-state index in [1.54, 1.807) is 13.0 Å². The predicted molar refractivity (Wildman–Crippen MR) is 66.6 cm³/mol. The summed E-state index contributed by atoms with van der Waals surface area (Å²) in [7, 11) is 0. The number of pyridine rings is 1. The molecular formula is C10H11Cl3N2O. The van der Waals surface area contributed by atoms with Crippen molar-refractivity contribution in [2.24, 2.45) is 0 Å². The van der Waals surface area contributed by atoms with Gasteiger partial charge in [0.05, 0.1) is 16.1 Å². The van der Waals surface area contributed by atoms with Gasteiger partial charge < -0.3 is 5.32 Å². The molecule has 1 amide bonds. The Morgan fingerprint density at radius 3 is 2.62 bits per heavy atom. The predicted octanol–water partition coefficient (Wildman–Crippen LogP) is 2.70. The highest BCUT2D eigenvalue weighted by atomic mass is 35.5. The fourth-order valence-corrected chi connectivity index (χ4v) is 1.63. The Hall–Kier alpha value is -0.510. The molecule has 0 fully saturated rings. The molecule has 0 saturated heterocycles. The molecular weight excluding hydrogens is 270 g/mol. The molecule has 0 saturated carbocycles. The molecule has 0 aliphatic rings. The highest BCUT2D eigenvalue weighted by molar-refractivity contribution is 6.33. The molecule has 3 nitrogen and oxygen atoms in total. The topological polar surface area (TPSA) is 42.0 Å². The third kappa shape index (κ3) is 3.24. The van der Waals surface area contributed by atoms with Crippen molar-refractivity contribution in [3.63, 3.8) is 0 Å². The zero-order valence-corrected chi connectivity index (χ0v) is 10.9. The van der Waals surface area contributed by atoms with Crippen LogP contribution in [-0.2, 0) is 0 Å². The molecule has 1 heterocycles. The van der Waals surface area contributed by atoms with E-state index in [0.29, 0.717) is 10.6 Å². The first kappa shape index (κ1) is 13.6. The maximum atomic E-state index is 11.9. The van der Waals surface area contributed by atoms with E-state index in [1.807, 2.05) is 0 Å². The highest BCUT2D eigenvalue weighted by Gasteiger charge is 2.25. The van der Waals surface area contributed by atoms with Crippen LogP contribution in [0.1, 0.15) is 17.3 Å². The minimum Gasteiger partial charge on any atom is -0.344 e. The lowest BCUT2D eigenvalue weighted by Gasteiger charge is -2.26. The smallest absolute Gasteiger partial charge is 0.253 e. The van der Waals surface area contributed by atoms with Crippen LogP contribution in [0.25, 0.3) is 0 Å². The number of halogens is 3. The molecule has 0 aliphatic carbocycles. The molecule has 1 aromatic rings. The Bertz CT molecular complexity index is 380. The van der Waals surface area contributed by atoms with Crippen LogP contribution in [0.5, 0.6) is 0 Å². The first-order valence-corrected chi connectivity index (χ1v) is 6.01. The number of rotatable bonds is 4. The van der Waals surface area contributed by atoms with Crippen LogP contribution in [0.15, 0.2) is 18.5 Å². The molecule has 16 heavy (non-hydrogen) atoms. The molecule has 0 aliphatic heterocycles. The van der Waals surface area contributed by atoms with Gasteiger partial charge >= 0.3 is 0 Å². The number of hydrogen-bond donors (Lipinski definition) is 1. The van der Waals surface area contributed by atoms with Gasteiger partial charge in [0.1, 0.15) is 0 Å². The van der Waals surface area contributed by atoms with Crippen LogP contribution in [0.4, 0.5) is 0 Å². The Morgan fingerprint density at radius 2 is 2.12 bits per heavy atom. The van der Waals surface area contributed by atoms with Gasteiger partial charge in [0.2, 0.25) is 0 Å². The normalized spacial score (nSPS) is 11.2. The maximum absolute atomic E-state index is 11.9. The van der Waals surface area contributed by atoms with Crippen molar-refractivity contribution in [3.8, 4) is 0 Å². The van der Waals surface area contributed by atoms with E-state index in [1.165, 1.54) is 12.4 Å². The minimum atomic E-state index is -0.646. The Balaban J connectivity index is 2.84. The number of alkyl halides is 2. The van der Waals surface area contributed by atoms with E-state index < -0.39 is 5.54 Å². The van der Waals surface area contributed by atoms with E-state index in [9.17, 15) is 4.79 Å². The molecule has 0 radical (unpaired) electrons. The summed E-state index contributed by atoms with van der Waals surface area (Å²) in [5.41, 5.74) is -0.287. The number of carbonyl (C=O) groups is 1. The summed E-state index contributed by atoms with van der Waals surface area (Å²) in [6, 6.07) is 1.54. The zero-order chi connectivity index (χ0) is 12.2. The average molecular weight is 282 g/mol. The molecule has 1 aromatic heterocycles. The summed E-state index contributed by atoms with van der Waals surface area (Å²) in [5.74, 6) is 0.145. The van der Waals surface area contributed by atoms with Crippen LogP contribution < -0.4 is 5.32 Å². The van der Waals surface area contributed by atoms with Crippen LogP contribution in [-0.4, -0.2) is 28.2 Å². The van der Waals surface area contributed by atoms with Crippen molar-refractivity contribution in [2.75, 3.05) is 11.8 Å². The number of carbonyl (C=O) groups excluding carboxylic acids is 1. The fraction of sp³-hybridized carbons (Fsp3) is 0.400. The standard InChI is InChI=1S/C10H11Cl3N2O/c1-10(5-11,6-12)15-9(16)7-2-3-14-4-8(7)13/h2-4H,5-6H2,1H3,(H,15,16). The summed E-state index contributed by atoms with van der Waals surface area (Å²) in [4.78, 5) is 15.7. The Kier molecular flexibility index (Phi) is 4.84. The molecule has 6 heteroatoms. The SMILES string of the molecule is CC(CCl)(CCl)NC(=O)c1ccncc1Cl. The van der Waals surface area contributed by atoms with Crippen LogP contribution in [0, 0.1) is 0 Å². The Morgan fingerprint density at radius 1 is 1.50 bits per heavy atom. The molecule has 0 atom stereocenters. The lowest BCUT2D eigenvalue weighted by molar-refractivity contribution is 0.0921. The number of aromatic nitrogens is 1. The molecule has 1 rings (SSSR count). The lowest BCUT2D eigenvalue weighted by atomic mass is 10.1. The van der Waals surface area contributed by atoms with Crippen molar-refractivity contribution in [3.05, 3.63) is 29.0 Å². The number of amides is 1. The van der Waals surface area contributed by atoms with Gasteiger partial charge in [-0.05, 0) is 13.0 Å². The highest BCUT2D eigenvalue weighted by Crippen LogP contribution is 2.16. The number of nitrogens with zero attached hydrogens (tertiary/aromatic N) is 1. The second-order valence-electron chi connectivity index (χ2n) is 3.64. The molecule has 0 spiro atoms. The summed E-state index contributed by atoms with van der Waals surface area (Å²) in [6.45, 7) is 1.76. The van der Waals surface area contributed by atoms with E-state index in [-0.39, 0.29) is 17.7 Å². The lowest BCUT2D eigenvalue weighted by Crippen LogP contribution is -2.49. The first-order chi connectivity index (χ1) is 7.52. The van der Waals surface area contributed by atoms with Crippen LogP contribution >= 0.6 is 34.8 Å². The molecule has 0 unspecified atom stereocenters. The number of nitrogens with one attached hydrogen (secondary N) is 1. The van der Waals surface area contributed by atoms with Crippen molar-refractivity contribution in [1.82, 2.24) is 10.3 Å². The van der Waals surface area contributed by atoms with Gasteiger partial charge in [0.15, 0.2) is 0 Å². The summed E-state index contributed by atoms with van der Waals surface area (Å²) < 4.78 is 0. The van der Waals surface area contributed by atoms with Gasteiger partial charge in [-0.3, -0.25) is 9.78 Å². The van der Waals surface area contributed by atoms with E-state index in [4.69, 9.17) is 34.8 Å². The monoisotopic (exact) mass is 280 g/mol. The van der Waals surface area contributed by atoms with Crippen molar-refractivity contribution < 1.29 is 4.79 Å². The van der Waals surface area contributed by atoms with Gasteiger partial charge in [-0.25, -0.2) is 0 Å². The van der Waals surface area contributed by atoms with Crippen molar-refractivity contribution >= 4 is 40.7 Å². The van der Waals surface area contributed by atoms with E-state index in [2.05, 4.69) is 10.3 Å². The first-order valence-electron chi connectivity index (χ1n) is 4.56. The largest absolute Gasteiger partial charge is 0.344 e. The average Bonchev–Trinajstić information content (AvgIpc) is 2.29. The molecule has 0 aromatic carbocycles. The third-order valence-electron chi connectivity index (χ3n) is 2.02. The summed E-state index contributed by atoms with van der Waals surface area (Å²) >= 11 is 17.3. The second-order valence-corrected chi connectivity index (χ2v) is 4.58.